The minimum atomic E-state index is -3.88. The Hall–Kier alpha value is -3.19. The summed E-state index contributed by atoms with van der Waals surface area (Å²) in [6.07, 6.45) is 0.912. The SMILES string of the molecule is COCC#Cc1ccc(CC(NC(=O)[C@@H]2CCCN2S(=O)(=O)c2ccc(C)cc2)C(=O)O)cc1. The molecular formula is C25H28N2O6S. The molecule has 1 saturated heterocycles. The molecule has 3 rings (SSSR count). The van der Waals surface area contributed by atoms with Gasteiger partial charge in [-0.3, -0.25) is 4.79 Å². The normalized spacial score (nSPS) is 16.9. The molecule has 2 aromatic carbocycles. The van der Waals surface area contributed by atoms with Crippen LogP contribution in [0.3, 0.4) is 0 Å². The lowest BCUT2D eigenvalue weighted by Crippen LogP contribution is -2.51. The number of aryl methyl sites for hydroxylation is 1. The summed E-state index contributed by atoms with van der Waals surface area (Å²) >= 11 is 0. The molecule has 1 aliphatic rings. The number of hydrogen-bond acceptors (Lipinski definition) is 5. The average Bonchev–Trinajstić information content (AvgIpc) is 3.31. The summed E-state index contributed by atoms with van der Waals surface area (Å²) in [5.41, 5.74) is 2.40. The van der Waals surface area contributed by atoms with E-state index in [0.29, 0.717) is 25.0 Å². The molecule has 1 unspecified atom stereocenters. The number of benzene rings is 2. The van der Waals surface area contributed by atoms with Gasteiger partial charge in [0.25, 0.3) is 0 Å². The van der Waals surface area contributed by atoms with Gasteiger partial charge in [-0.05, 0) is 49.6 Å². The minimum absolute atomic E-state index is 0.0598. The quantitative estimate of drug-likeness (QED) is 0.554. The highest BCUT2D eigenvalue weighted by Crippen LogP contribution is 2.26. The van der Waals surface area contributed by atoms with E-state index >= 15 is 0 Å². The average molecular weight is 485 g/mol. The van der Waals surface area contributed by atoms with Gasteiger partial charge >= 0.3 is 5.97 Å². The Morgan fingerprint density at radius 3 is 2.47 bits per heavy atom. The Morgan fingerprint density at radius 2 is 1.85 bits per heavy atom. The molecule has 1 aliphatic heterocycles. The van der Waals surface area contributed by atoms with Crippen molar-refractivity contribution in [3.05, 3.63) is 65.2 Å². The van der Waals surface area contributed by atoms with Crippen molar-refractivity contribution in [1.82, 2.24) is 9.62 Å². The number of nitrogens with one attached hydrogen (secondary N) is 1. The third-order valence-electron chi connectivity index (χ3n) is 5.59. The lowest BCUT2D eigenvalue weighted by atomic mass is 10.0. The maximum atomic E-state index is 13.1. The smallest absolute Gasteiger partial charge is 0.326 e. The lowest BCUT2D eigenvalue weighted by molar-refractivity contribution is -0.142. The third-order valence-corrected chi connectivity index (χ3v) is 7.51. The van der Waals surface area contributed by atoms with Crippen LogP contribution >= 0.6 is 0 Å². The molecule has 0 bridgehead atoms. The molecule has 8 nitrogen and oxygen atoms in total. The molecule has 9 heteroatoms. The Morgan fingerprint density at radius 1 is 1.18 bits per heavy atom. The van der Waals surface area contributed by atoms with Crippen molar-refractivity contribution in [3.63, 3.8) is 0 Å². The molecule has 2 aromatic rings. The molecule has 180 valence electrons. The summed E-state index contributed by atoms with van der Waals surface area (Å²) in [6, 6.07) is 11.3. The van der Waals surface area contributed by atoms with Crippen LogP contribution in [-0.2, 0) is 30.8 Å². The topological polar surface area (TPSA) is 113 Å². The van der Waals surface area contributed by atoms with Crippen LogP contribution in [0, 0.1) is 18.8 Å². The van der Waals surface area contributed by atoms with Crippen molar-refractivity contribution < 1.29 is 27.9 Å². The van der Waals surface area contributed by atoms with Crippen molar-refractivity contribution in [2.45, 2.75) is 43.2 Å². The number of rotatable bonds is 8. The number of nitrogens with zero attached hydrogens (tertiary/aromatic N) is 1. The number of aliphatic carboxylic acids is 1. The fraction of sp³-hybridized carbons (Fsp3) is 0.360. The van der Waals surface area contributed by atoms with Gasteiger partial charge in [0.15, 0.2) is 0 Å². The molecule has 1 amide bonds. The molecule has 1 heterocycles. The number of methoxy groups -OCH3 is 1. The fourth-order valence-electron chi connectivity index (χ4n) is 3.77. The molecule has 2 atom stereocenters. The molecule has 2 N–H and O–H groups in total. The number of carbonyl (C=O) groups is 2. The Labute approximate surface area is 200 Å². The van der Waals surface area contributed by atoms with Gasteiger partial charge in [0.2, 0.25) is 15.9 Å². The van der Waals surface area contributed by atoms with Crippen LogP contribution in [0.1, 0.15) is 29.5 Å². The van der Waals surface area contributed by atoms with E-state index in [9.17, 15) is 23.1 Å². The largest absolute Gasteiger partial charge is 0.480 e. The van der Waals surface area contributed by atoms with E-state index in [1.165, 1.54) is 16.4 Å². The first-order valence-electron chi connectivity index (χ1n) is 10.9. The molecule has 0 aliphatic carbocycles. The van der Waals surface area contributed by atoms with E-state index in [1.807, 2.05) is 6.92 Å². The van der Waals surface area contributed by atoms with Crippen molar-refractivity contribution in [2.75, 3.05) is 20.3 Å². The zero-order valence-corrected chi connectivity index (χ0v) is 20.0. The first-order valence-corrected chi connectivity index (χ1v) is 12.3. The standard InChI is InChI=1S/C25H28N2O6S/c1-18-7-13-21(14-8-18)34(31,32)27-15-3-6-23(27)24(28)26-22(25(29)30)17-20-11-9-19(10-12-20)5-4-16-33-2/h7-14,22-23H,3,6,15-17H2,1-2H3,(H,26,28)(H,29,30)/t22?,23-/m0/s1. The summed E-state index contributed by atoms with van der Waals surface area (Å²) < 4.78 is 32.3. The highest BCUT2D eigenvalue weighted by Gasteiger charge is 2.40. The predicted molar refractivity (Wildman–Crippen MR) is 127 cm³/mol. The summed E-state index contributed by atoms with van der Waals surface area (Å²) in [6.45, 7) is 2.38. The van der Waals surface area contributed by atoms with Crippen LogP contribution in [0.25, 0.3) is 0 Å². The second-order valence-corrected chi connectivity index (χ2v) is 10.0. The lowest BCUT2D eigenvalue weighted by Gasteiger charge is -2.25. The molecule has 0 radical (unpaired) electrons. The number of sulfonamides is 1. The third kappa shape index (κ3) is 6.23. The molecular weight excluding hydrogens is 456 g/mol. The Kier molecular flexibility index (Phi) is 8.45. The first-order chi connectivity index (χ1) is 16.2. The van der Waals surface area contributed by atoms with Gasteiger partial charge in [-0.25, -0.2) is 13.2 Å². The van der Waals surface area contributed by atoms with Crippen molar-refractivity contribution in [1.29, 1.82) is 0 Å². The van der Waals surface area contributed by atoms with Gasteiger partial charge in [0.1, 0.15) is 18.7 Å². The van der Waals surface area contributed by atoms with Gasteiger partial charge in [0, 0.05) is 25.6 Å². The van der Waals surface area contributed by atoms with Crippen LogP contribution in [-0.4, -0.2) is 62.1 Å². The molecule has 34 heavy (non-hydrogen) atoms. The number of ether oxygens (including phenoxy) is 1. The Balaban J connectivity index is 1.70. The highest BCUT2D eigenvalue weighted by atomic mass is 32.2. The van der Waals surface area contributed by atoms with Gasteiger partial charge in [-0.2, -0.15) is 4.31 Å². The van der Waals surface area contributed by atoms with E-state index in [4.69, 9.17) is 4.74 Å². The molecule has 1 fully saturated rings. The summed E-state index contributed by atoms with van der Waals surface area (Å²) in [4.78, 5) is 24.9. The van der Waals surface area contributed by atoms with Crippen LogP contribution in [0.5, 0.6) is 0 Å². The molecule has 0 aromatic heterocycles. The van der Waals surface area contributed by atoms with Gasteiger partial charge in [-0.15, -0.1) is 0 Å². The van der Waals surface area contributed by atoms with E-state index in [-0.39, 0.29) is 17.9 Å². The zero-order valence-electron chi connectivity index (χ0n) is 19.2. The van der Waals surface area contributed by atoms with Crippen LogP contribution < -0.4 is 5.32 Å². The molecule has 0 spiro atoms. The monoisotopic (exact) mass is 484 g/mol. The second-order valence-electron chi connectivity index (χ2n) is 8.12. The number of hydrogen-bond donors (Lipinski definition) is 2. The number of carbonyl (C=O) groups excluding carboxylic acids is 1. The fourth-order valence-corrected chi connectivity index (χ4v) is 5.43. The number of carboxylic acid groups (broad SMARTS) is 1. The van der Waals surface area contributed by atoms with Crippen molar-refractivity contribution >= 4 is 21.9 Å². The number of amides is 1. The van der Waals surface area contributed by atoms with Crippen molar-refractivity contribution in [2.24, 2.45) is 0 Å². The van der Waals surface area contributed by atoms with Crippen LogP contribution in [0.2, 0.25) is 0 Å². The first kappa shape index (κ1) is 25.4. The minimum Gasteiger partial charge on any atom is -0.480 e. The van der Waals surface area contributed by atoms with E-state index < -0.39 is 34.0 Å². The Bertz CT molecular complexity index is 1180. The van der Waals surface area contributed by atoms with Gasteiger partial charge in [-0.1, -0.05) is 41.7 Å². The van der Waals surface area contributed by atoms with E-state index in [1.54, 1.807) is 43.5 Å². The summed E-state index contributed by atoms with van der Waals surface area (Å²) in [7, 11) is -2.32. The maximum Gasteiger partial charge on any atom is 0.326 e. The summed E-state index contributed by atoms with van der Waals surface area (Å²) in [5, 5.41) is 12.2. The maximum absolute atomic E-state index is 13.1. The van der Waals surface area contributed by atoms with Crippen molar-refractivity contribution in [3.8, 4) is 11.8 Å². The molecule has 0 saturated carbocycles. The van der Waals surface area contributed by atoms with E-state index in [2.05, 4.69) is 17.2 Å². The van der Waals surface area contributed by atoms with Gasteiger partial charge in [0.05, 0.1) is 4.90 Å². The van der Waals surface area contributed by atoms with Gasteiger partial charge < -0.3 is 15.2 Å². The highest BCUT2D eigenvalue weighted by molar-refractivity contribution is 7.89. The van der Waals surface area contributed by atoms with E-state index in [0.717, 1.165) is 11.1 Å². The number of carboxylic acids is 1. The van der Waals surface area contributed by atoms with Crippen LogP contribution in [0.15, 0.2) is 53.4 Å². The van der Waals surface area contributed by atoms with Crippen LogP contribution in [0.4, 0.5) is 0 Å². The zero-order chi connectivity index (χ0) is 24.7. The predicted octanol–water partition coefficient (Wildman–Crippen LogP) is 1.96. The summed E-state index contributed by atoms with van der Waals surface area (Å²) in [5.74, 6) is 3.97. The second kappa shape index (κ2) is 11.3.